The number of nitrogens with two attached hydrogens (primary N) is 1. The van der Waals surface area contributed by atoms with E-state index < -0.39 is 0 Å². The Labute approximate surface area is 158 Å². The second-order valence-electron chi connectivity index (χ2n) is 7.78. The lowest BCUT2D eigenvalue weighted by molar-refractivity contribution is -0.933. The van der Waals surface area contributed by atoms with Crippen molar-refractivity contribution in [3.63, 3.8) is 0 Å². The molecule has 0 bridgehead atoms. The summed E-state index contributed by atoms with van der Waals surface area (Å²) in [5, 5.41) is 0. The van der Waals surface area contributed by atoms with Gasteiger partial charge in [0.1, 0.15) is 5.75 Å². The summed E-state index contributed by atoms with van der Waals surface area (Å²) < 4.78 is 6.44. The summed E-state index contributed by atoms with van der Waals surface area (Å²) in [6.45, 7) is 4.85. The van der Waals surface area contributed by atoms with Gasteiger partial charge in [-0.05, 0) is 42.5 Å². The van der Waals surface area contributed by atoms with Crippen LogP contribution in [0.3, 0.4) is 0 Å². The standard InChI is InChI=1S/C23H33N2O/c1-26-23-13-11-21(12-14-23)9-5-16-25(17-6-10-22(24)19-25)18-15-20-7-3-2-4-8-20/h2-4,7-8,11-14,22H,5-6,9-10,15-19,24H2,1H3/q+1. The number of methoxy groups -OCH3 is 1. The van der Waals surface area contributed by atoms with Crippen molar-refractivity contribution >= 4 is 0 Å². The van der Waals surface area contributed by atoms with Crippen LogP contribution in [0.15, 0.2) is 54.6 Å². The summed E-state index contributed by atoms with van der Waals surface area (Å²) in [5.74, 6) is 0.933. The first-order valence-electron chi connectivity index (χ1n) is 9.97. The number of benzene rings is 2. The van der Waals surface area contributed by atoms with Crippen LogP contribution in [-0.2, 0) is 12.8 Å². The van der Waals surface area contributed by atoms with Gasteiger partial charge in [-0.15, -0.1) is 0 Å². The average Bonchev–Trinajstić information content (AvgIpc) is 2.68. The van der Waals surface area contributed by atoms with Crippen molar-refractivity contribution in [2.75, 3.05) is 33.3 Å². The van der Waals surface area contributed by atoms with Gasteiger partial charge in [0.25, 0.3) is 0 Å². The third-order valence-electron chi connectivity index (χ3n) is 5.80. The quantitative estimate of drug-likeness (QED) is 0.733. The maximum absolute atomic E-state index is 6.36. The molecule has 3 rings (SSSR count). The van der Waals surface area contributed by atoms with Crippen LogP contribution >= 0.6 is 0 Å². The van der Waals surface area contributed by atoms with E-state index in [1.165, 1.54) is 54.5 Å². The van der Waals surface area contributed by atoms with Gasteiger partial charge < -0.3 is 15.0 Å². The normalized spacial score (nSPS) is 22.9. The highest BCUT2D eigenvalue weighted by Gasteiger charge is 2.32. The number of ether oxygens (including phenoxy) is 1. The highest BCUT2D eigenvalue weighted by Crippen LogP contribution is 2.21. The molecule has 0 radical (unpaired) electrons. The molecule has 26 heavy (non-hydrogen) atoms. The van der Waals surface area contributed by atoms with Gasteiger partial charge in [-0.1, -0.05) is 42.5 Å². The van der Waals surface area contributed by atoms with Gasteiger partial charge in [0.15, 0.2) is 0 Å². The number of quaternary nitrogens is 1. The van der Waals surface area contributed by atoms with E-state index in [0.717, 1.165) is 25.1 Å². The van der Waals surface area contributed by atoms with Crippen LogP contribution < -0.4 is 10.5 Å². The Bertz CT molecular complexity index is 656. The van der Waals surface area contributed by atoms with Gasteiger partial charge in [0.05, 0.1) is 39.3 Å². The van der Waals surface area contributed by atoms with Crippen molar-refractivity contribution in [1.82, 2.24) is 0 Å². The molecule has 140 valence electrons. The van der Waals surface area contributed by atoms with Gasteiger partial charge in [-0.25, -0.2) is 0 Å². The molecule has 0 spiro atoms. The predicted octanol–water partition coefficient (Wildman–Crippen LogP) is 3.81. The Kier molecular flexibility index (Phi) is 6.70. The predicted molar refractivity (Wildman–Crippen MR) is 108 cm³/mol. The third kappa shape index (κ3) is 5.33. The lowest BCUT2D eigenvalue weighted by Gasteiger charge is -2.44. The lowest BCUT2D eigenvalue weighted by atomic mass is 10.00. The van der Waals surface area contributed by atoms with Crippen LogP contribution in [0, 0.1) is 0 Å². The molecule has 1 fully saturated rings. The topological polar surface area (TPSA) is 35.2 Å². The Morgan fingerprint density at radius 3 is 2.38 bits per heavy atom. The molecular formula is C23H33N2O+. The van der Waals surface area contributed by atoms with Crippen LogP contribution in [0.5, 0.6) is 5.75 Å². The van der Waals surface area contributed by atoms with E-state index in [2.05, 4.69) is 54.6 Å². The maximum Gasteiger partial charge on any atom is 0.118 e. The Morgan fingerprint density at radius 2 is 1.69 bits per heavy atom. The smallest absolute Gasteiger partial charge is 0.118 e. The molecule has 3 heteroatoms. The van der Waals surface area contributed by atoms with Crippen LogP contribution in [0.2, 0.25) is 0 Å². The zero-order valence-electron chi connectivity index (χ0n) is 16.1. The highest BCUT2D eigenvalue weighted by atomic mass is 16.5. The molecule has 2 aromatic rings. The molecule has 1 aliphatic heterocycles. The van der Waals surface area contributed by atoms with Gasteiger partial charge in [0, 0.05) is 12.8 Å². The third-order valence-corrected chi connectivity index (χ3v) is 5.80. The Balaban J connectivity index is 1.58. The number of likely N-dealkylation sites (tertiary alicyclic amines) is 1. The van der Waals surface area contributed by atoms with Crippen molar-refractivity contribution in [3.8, 4) is 5.75 Å². The second kappa shape index (κ2) is 9.20. The van der Waals surface area contributed by atoms with E-state index in [-0.39, 0.29) is 0 Å². The maximum atomic E-state index is 6.36. The molecule has 0 amide bonds. The molecule has 2 unspecified atom stereocenters. The lowest BCUT2D eigenvalue weighted by Crippen LogP contribution is -2.59. The van der Waals surface area contributed by atoms with Gasteiger partial charge in [-0.3, -0.25) is 0 Å². The molecule has 2 aromatic carbocycles. The minimum Gasteiger partial charge on any atom is -0.497 e. The van der Waals surface area contributed by atoms with Crippen molar-refractivity contribution in [1.29, 1.82) is 0 Å². The van der Waals surface area contributed by atoms with Gasteiger partial charge in [-0.2, -0.15) is 0 Å². The van der Waals surface area contributed by atoms with E-state index in [9.17, 15) is 0 Å². The molecule has 1 aliphatic rings. The fraction of sp³-hybridized carbons (Fsp3) is 0.478. The molecule has 0 aliphatic carbocycles. The highest BCUT2D eigenvalue weighted by molar-refractivity contribution is 5.27. The van der Waals surface area contributed by atoms with E-state index in [1.54, 1.807) is 7.11 Å². The van der Waals surface area contributed by atoms with Crippen molar-refractivity contribution in [2.24, 2.45) is 5.73 Å². The number of rotatable bonds is 8. The van der Waals surface area contributed by atoms with E-state index in [0.29, 0.717) is 6.04 Å². The number of nitrogens with zero attached hydrogens (tertiary/aromatic N) is 1. The molecule has 0 aromatic heterocycles. The number of hydrogen-bond donors (Lipinski definition) is 1. The Hall–Kier alpha value is -1.84. The minimum atomic E-state index is 0.362. The van der Waals surface area contributed by atoms with Crippen molar-refractivity contribution in [2.45, 2.75) is 38.1 Å². The fourth-order valence-corrected chi connectivity index (χ4v) is 4.31. The molecule has 3 nitrogen and oxygen atoms in total. The van der Waals surface area contributed by atoms with Crippen LogP contribution in [0.1, 0.15) is 30.4 Å². The molecule has 2 atom stereocenters. The zero-order chi connectivity index (χ0) is 18.2. The van der Waals surface area contributed by atoms with E-state index >= 15 is 0 Å². The summed E-state index contributed by atoms with van der Waals surface area (Å²) in [6.07, 6.45) is 5.94. The molecule has 2 N–H and O–H groups in total. The largest absolute Gasteiger partial charge is 0.497 e. The van der Waals surface area contributed by atoms with Crippen molar-refractivity contribution < 1.29 is 9.22 Å². The fourth-order valence-electron chi connectivity index (χ4n) is 4.31. The van der Waals surface area contributed by atoms with Gasteiger partial charge >= 0.3 is 0 Å². The first-order valence-corrected chi connectivity index (χ1v) is 9.97. The summed E-state index contributed by atoms with van der Waals surface area (Å²) in [7, 11) is 1.72. The van der Waals surface area contributed by atoms with Crippen molar-refractivity contribution in [3.05, 3.63) is 65.7 Å². The minimum absolute atomic E-state index is 0.362. The number of hydrogen-bond acceptors (Lipinski definition) is 2. The van der Waals surface area contributed by atoms with Crippen LogP contribution in [0.25, 0.3) is 0 Å². The van der Waals surface area contributed by atoms with E-state index in [1.807, 2.05) is 0 Å². The second-order valence-corrected chi connectivity index (χ2v) is 7.78. The molecule has 1 saturated heterocycles. The average molecular weight is 354 g/mol. The van der Waals surface area contributed by atoms with Crippen LogP contribution in [-0.4, -0.2) is 43.8 Å². The summed E-state index contributed by atoms with van der Waals surface area (Å²) >= 11 is 0. The Morgan fingerprint density at radius 1 is 0.962 bits per heavy atom. The van der Waals surface area contributed by atoms with E-state index in [4.69, 9.17) is 10.5 Å². The number of piperidine rings is 1. The summed E-state index contributed by atoms with van der Waals surface area (Å²) in [5.41, 5.74) is 9.20. The first-order chi connectivity index (χ1) is 12.7. The molecule has 0 saturated carbocycles. The zero-order valence-corrected chi connectivity index (χ0v) is 16.1. The number of aryl methyl sites for hydroxylation is 1. The summed E-state index contributed by atoms with van der Waals surface area (Å²) in [6, 6.07) is 19.7. The SMILES string of the molecule is COc1ccc(CCC[N+]2(CCc3ccccc3)CCCC(N)C2)cc1. The van der Waals surface area contributed by atoms with Gasteiger partial charge in [0.2, 0.25) is 0 Å². The molecular weight excluding hydrogens is 320 g/mol. The molecule has 1 heterocycles. The summed E-state index contributed by atoms with van der Waals surface area (Å²) in [4.78, 5) is 0. The monoisotopic (exact) mass is 353 g/mol. The van der Waals surface area contributed by atoms with Crippen LogP contribution in [0.4, 0.5) is 0 Å². The first kappa shape index (κ1) is 18.9.